The summed E-state index contributed by atoms with van der Waals surface area (Å²) in [6, 6.07) is 7.01. The molecule has 0 aliphatic carbocycles. The molecule has 0 aromatic heterocycles. The van der Waals surface area contributed by atoms with Crippen molar-refractivity contribution < 1.29 is 14.6 Å². The molecule has 1 saturated heterocycles. The van der Waals surface area contributed by atoms with Crippen molar-refractivity contribution >= 4 is 17.3 Å². The van der Waals surface area contributed by atoms with Crippen LogP contribution in [0.15, 0.2) is 24.3 Å². The molecule has 4 N–H and O–H groups in total. The summed E-state index contributed by atoms with van der Waals surface area (Å²) in [4.78, 5) is 13.9. The van der Waals surface area contributed by atoms with E-state index >= 15 is 0 Å². The lowest BCUT2D eigenvalue weighted by Crippen LogP contribution is -2.50. The Morgan fingerprint density at radius 1 is 1.53 bits per heavy atom. The Morgan fingerprint density at radius 2 is 2.32 bits per heavy atom. The van der Waals surface area contributed by atoms with Crippen molar-refractivity contribution in [1.82, 2.24) is 4.90 Å². The van der Waals surface area contributed by atoms with Crippen LogP contribution >= 0.6 is 0 Å². The highest BCUT2D eigenvalue weighted by atomic mass is 16.5. The fourth-order valence-corrected chi connectivity index (χ4v) is 2.05. The van der Waals surface area contributed by atoms with E-state index in [0.717, 1.165) is 0 Å². The van der Waals surface area contributed by atoms with Crippen LogP contribution in [0.3, 0.4) is 0 Å². The summed E-state index contributed by atoms with van der Waals surface area (Å²) in [5, 5.41) is 12.0. The Morgan fingerprint density at radius 3 is 3.05 bits per heavy atom. The third-order valence-corrected chi connectivity index (χ3v) is 3.14. The van der Waals surface area contributed by atoms with Crippen LogP contribution in [-0.2, 0) is 9.53 Å². The van der Waals surface area contributed by atoms with Gasteiger partial charge in [-0.2, -0.15) is 0 Å². The molecule has 1 aliphatic rings. The number of ether oxygens (including phenoxy) is 1. The van der Waals surface area contributed by atoms with Crippen LogP contribution in [0.1, 0.15) is 0 Å². The Bertz CT molecular complexity index is 439. The van der Waals surface area contributed by atoms with Crippen molar-refractivity contribution in [3.63, 3.8) is 0 Å². The van der Waals surface area contributed by atoms with Gasteiger partial charge >= 0.3 is 0 Å². The minimum absolute atomic E-state index is 0.0131. The molecule has 1 aliphatic heterocycles. The summed E-state index contributed by atoms with van der Waals surface area (Å²) < 4.78 is 5.27. The standard InChI is InChI=1S/C13H19N3O3/c14-11-3-1-2-4-12(11)15-13(18)7-16-5-6-19-9-10(16)8-17/h1-4,10,17H,5-9,14H2,(H,15,18). The molecular formula is C13H19N3O3. The van der Waals surface area contributed by atoms with Crippen LogP contribution < -0.4 is 11.1 Å². The molecule has 0 bridgehead atoms. The van der Waals surface area contributed by atoms with Gasteiger partial charge in [0.25, 0.3) is 0 Å². The zero-order chi connectivity index (χ0) is 13.7. The number of amides is 1. The first kappa shape index (κ1) is 13.8. The highest BCUT2D eigenvalue weighted by molar-refractivity contribution is 5.95. The maximum absolute atomic E-state index is 12.0. The van der Waals surface area contributed by atoms with E-state index in [-0.39, 0.29) is 25.1 Å². The first-order chi connectivity index (χ1) is 9.20. The zero-order valence-electron chi connectivity index (χ0n) is 10.7. The molecule has 104 valence electrons. The number of para-hydroxylation sites is 2. The first-order valence-electron chi connectivity index (χ1n) is 6.27. The smallest absolute Gasteiger partial charge is 0.238 e. The number of anilines is 2. The number of nitrogen functional groups attached to an aromatic ring is 1. The van der Waals surface area contributed by atoms with Gasteiger partial charge in [-0.3, -0.25) is 9.69 Å². The van der Waals surface area contributed by atoms with Gasteiger partial charge in [-0.05, 0) is 12.1 Å². The second-order valence-electron chi connectivity index (χ2n) is 4.52. The van der Waals surface area contributed by atoms with Gasteiger partial charge in [0.1, 0.15) is 0 Å². The van der Waals surface area contributed by atoms with E-state index in [4.69, 9.17) is 10.5 Å². The van der Waals surface area contributed by atoms with Crippen LogP contribution in [0.4, 0.5) is 11.4 Å². The largest absolute Gasteiger partial charge is 0.397 e. The molecule has 6 heteroatoms. The molecule has 1 fully saturated rings. The zero-order valence-corrected chi connectivity index (χ0v) is 10.7. The van der Waals surface area contributed by atoms with Gasteiger partial charge in [-0.25, -0.2) is 0 Å². The maximum atomic E-state index is 12.0. The van der Waals surface area contributed by atoms with E-state index in [1.54, 1.807) is 12.1 Å². The van der Waals surface area contributed by atoms with Gasteiger partial charge in [0.05, 0.1) is 43.8 Å². The van der Waals surface area contributed by atoms with Crippen molar-refractivity contribution in [1.29, 1.82) is 0 Å². The molecule has 0 radical (unpaired) electrons. The van der Waals surface area contributed by atoms with Gasteiger partial charge in [0, 0.05) is 6.54 Å². The normalized spacial score (nSPS) is 20.2. The van der Waals surface area contributed by atoms with E-state index in [1.165, 1.54) is 0 Å². The minimum Gasteiger partial charge on any atom is -0.397 e. The van der Waals surface area contributed by atoms with Crippen LogP contribution in [0.25, 0.3) is 0 Å². The SMILES string of the molecule is Nc1ccccc1NC(=O)CN1CCOCC1CO. The number of hydrogen-bond donors (Lipinski definition) is 3. The Balaban J connectivity index is 1.92. The van der Waals surface area contributed by atoms with E-state index in [2.05, 4.69) is 5.32 Å². The summed E-state index contributed by atoms with van der Waals surface area (Å²) in [7, 11) is 0. The minimum atomic E-state index is -0.141. The summed E-state index contributed by atoms with van der Waals surface area (Å²) in [6.45, 7) is 1.89. The Kier molecular flexibility index (Phi) is 4.73. The number of carbonyl (C=O) groups excluding carboxylic acids is 1. The highest BCUT2D eigenvalue weighted by Gasteiger charge is 2.24. The first-order valence-corrected chi connectivity index (χ1v) is 6.27. The van der Waals surface area contributed by atoms with Gasteiger partial charge in [-0.1, -0.05) is 12.1 Å². The number of nitrogens with zero attached hydrogens (tertiary/aromatic N) is 1. The number of nitrogens with two attached hydrogens (primary N) is 1. The van der Waals surface area contributed by atoms with Gasteiger partial charge < -0.3 is 20.9 Å². The van der Waals surface area contributed by atoms with Crippen LogP contribution in [0.5, 0.6) is 0 Å². The Hall–Kier alpha value is -1.63. The lowest BCUT2D eigenvalue weighted by molar-refractivity contribution is -0.120. The molecule has 6 nitrogen and oxygen atoms in total. The van der Waals surface area contributed by atoms with Crippen LogP contribution in [0.2, 0.25) is 0 Å². The maximum Gasteiger partial charge on any atom is 0.238 e. The summed E-state index contributed by atoms with van der Waals surface area (Å²) in [5.41, 5.74) is 6.92. The van der Waals surface area contributed by atoms with E-state index in [1.807, 2.05) is 17.0 Å². The molecular weight excluding hydrogens is 246 g/mol. The van der Waals surface area contributed by atoms with E-state index < -0.39 is 0 Å². The van der Waals surface area contributed by atoms with Crippen LogP contribution in [-0.4, -0.2) is 54.9 Å². The number of aliphatic hydroxyl groups excluding tert-OH is 1. The monoisotopic (exact) mass is 265 g/mol. The van der Waals surface area contributed by atoms with Crippen LogP contribution in [0, 0.1) is 0 Å². The van der Waals surface area contributed by atoms with Gasteiger partial charge in [0.15, 0.2) is 0 Å². The molecule has 1 unspecified atom stereocenters. The number of rotatable bonds is 4. The molecule has 1 heterocycles. The molecule has 0 saturated carbocycles. The fourth-order valence-electron chi connectivity index (χ4n) is 2.05. The van der Waals surface area contributed by atoms with Crippen molar-refractivity contribution in [2.75, 3.05) is 44.0 Å². The topological polar surface area (TPSA) is 87.8 Å². The number of benzene rings is 1. The van der Waals surface area contributed by atoms with Gasteiger partial charge in [-0.15, -0.1) is 0 Å². The molecule has 1 atom stereocenters. The molecule has 19 heavy (non-hydrogen) atoms. The number of hydrogen-bond acceptors (Lipinski definition) is 5. The quantitative estimate of drug-likeness (QED) is 0.662. The second-order valence-corrected chi connectivity index (χ2v) is 4.52. The second kappa shape index (κ2) is 6.51. The third-order valence-electron chi connectivity index (χ3n) is 3.14. The average Bonchev–Trinajstić information content (AvgIpc) is 2.42. The number of morpholine rings is 1. The van der Waals surface area contributed by atoms with Crippen molar-refractivity contribution in [3.05, 3.63) is 24.3 Å². The highest BCUT2D eigenvalue weighted by Crippen LogP contribution is 2.16. The summed E-state index contributed by atoms with van der Waals surface area (Å²) in [5.74, 6) is -0.141. The molecule has 2 rings (SSSR count). The predicted octanol–water partition coefficient (Wildman–Crippen LogP) is -0.0996. The summed E-state index contributed by atoms with van der Waals surface area (Å²) >= 11 is 0. The molecule has 1 aromatic rings. The van der Waals surface area contributed by atoms with Gasteiger partial charge in [0.2, 0.25) is 5.91 Å². The van der Waals surface area contributed by atoms with Crippen molar-refractivity contribution in [3.8, 4) is 0 Å². The number of carbonyl (C=O) groups is 1. The Labute approximate surface area is 112 Å². The molecule has 1 aromatic carbocycles. The van der Waals surface area contributed by atoms with Crippen molar-refractivity contribution in [2.45, 2.75) is 6.04 Å². The third kappa shape index (κ3) is 3.66. The predicted molar refractivity (Wildman–Crippen MR) is 72.7 cm³/mol. The average molecular weight is 265 g/mol. The lowest BCUT2D eigenvalue weighted by Gasteiger charge is -2.33. The fraction of sp³-hybridized carbons (Fsp3) is 0.462. The summed E-state index contributed by atoms with van der Waals surface area (Å²) in [6.07, 6.45) is 0. The number of nitrogens with one attached hydrogen (secondary N) is 1. The molecule has 0 spiro atoms. The van der Waals surface area contributed by atoms with E-state index in [9.17, 15) is 9.90 Å². The number of aliphatic hydroxyl groups is 1. The van der Waals surface area contributed by atoms with Crippen molar-refractivity contribution in [2.24, 2.45) is 0 Å². The lowest BCUT2D eigenvalue weighted by atomic mass is 10.2. The van der Waals surface area contributed by atoms with E-state index in [0.29, 0.717) is 31.1 Å². The molecule has 1 amide bonds.